The summed E-state index contributed by atoms with van der Waals surface area (Å²) in [5.41, 5.74) is 4.69. The monoisotopic (exact) mass is 288 g/mol. The molecular formula is C19H16N2O. The van der Waals surface area contributed by atoms with Gasteiger partial charge in [-0.3, -0.25) is 9.78 Å². The highest BCUT2D eigenvalue weighted by Gasteiger charge is 2.09. The maximum Gasteiger partial charge on any atom is 0.221 e. The molecule has 0 radical (unpaired) electrons. The normalized spacial score (nSPS) is 10.2. The minimum atomic E-state index is -0.0950. The van der Waals surface area contributed by atoms with Gasteiger partial charge < -0.3 is 5.32 Å². The number of rotatable bonds is 3. The van der Waals surface area contributed by atoms with Crippen molar-refractivity contribution in [1.82, 2.24) is 4.98 Å². The van der Waals surface area contributed by atoms with Crippen molar-refractivity contribution < 1.29 is 4.79 Å². The van der Waals surface area contributed by atoms with E-state index in [0.717, 1.165) is 28.1 Å². The van der Waals surface area contributed by atoms with Gasteiger partial charge in [0.15, 0.2) is 0 Å². The van der Waals surface area contributed by atoms with Gasteiger partial charge >= 0.3 is 0 Å². The number of anilines is 1. The molecule has 1 amide bonds. The summed E-state index contributed by atoms with van der Waals surface area (Å²) in [5.74, 6) is -0.0950. The molecule has 0 unspecified atom stereocenters. The zero-order valence-electron chi connectivity index (χ0n) is 12.3. The van der Waals surface area contributed by atoms with Gasteiger partial charge in [-0.25, -0.2) is 0 Å². The van der Waals surface area contributed by atoms with E-state index in [9.17, 15) is 4.79 Å². The molecule has 0 bridgehead atoms. The fourth-order valence-corrected chi connectivity index (χ4v) is 2.39. The van der Waals surface area contributed by atoms with Crippen molar-refractivity contribution >= 4 is 11.6 Å². The van der Waals surface area contributed by atoms with E-state index < -0.39 is 0 Å². The lowest BCUT2D eigenvalue weighted by molar-refractivity contribution is -0.114. The highest BCUT2D eigenvalue weighted by molar-refractivity contribution is 5.95. The van der Waals surface area contributed by atoms with Gasteiger partial charge in [-0.15, -0.1) is 0 Å². The second-order valence-electron chi connectivity index (χ2n) is 5.02. The number of carbonyl (C=O) groups excluding carboxylic acids is 1. The van der Waals surface area contributed by atoms with E-state index in [-0.39, 0.29) is 5.91 Å². The van der Waals surface area contributed by atoms with Crippen LogP contribution < -0.4 is 5.32 Å². The zero-order chi connectivity index (χ0) is 15.4. The predicted molar refractivity (Wildman–Crippen MR) is 89.4 cm³/mol. The van der Waals surface area contributed by atoms with Gasteiger partial charge in [0.2, 0.25) is 5.91 Å². The standard InChI is InChI=1S/C19H16N2O/c1-14(22)21-19-13-16(15-7-3-2-4-8-15)10-11-17(19)18-9-5-6-12-20-18/h2-13H,1H3,(H,21,22). The van der Waals surface area contributed by atoms with Crippen LogP contribution in [-0.2, 0) is 4.79 Å². The van der Waals surface area contributed by atoms with Crippen molar-refractivity contribution in [2.45, 2.75) is 6.92 Å². The van der Waals surface area contributed by atoms with Crippen molar-refractivity contribution in [1.29, 1.82) is 0 Å². The van der Waals surface area contributed by atoms with Crippen molar-refractivity contribution in [3.05, 3.63) is 72.9 Å². The molecule has 0 aliphatic carbocycles. The number of nitrogens with zero attached hydrogens (tertiary/aromatic N) is 1. The summed E-state index contributed by atoms with van der Waals surface area (Å²) in [6.07, 6.45) is 1.75. The summed E-state index contributed by atoms with van der Waals surface area (Å²) >= 11 is 0. The summed E-state index contributed by atoms with van der Waals surface area (Å²) in [6.45, 7) is 1.51. The Labute approximate surface area is 129 Å². The number of nitrogens with one attached hydrogen (secondary N) is 1. The summed E-state index contributed by atoms with van der Waals surface area (Å²) in [5, 5.41) is 2.90. The molecule has 22 heavy (non-hydrogen) atoms. The van der Waals surface area contributed by atoms with Crippen LogP contribution in [0, 0.1) is 0 Å². The molecule has 108 valence electrons. The highest BCUT2D eigenvalue weighted by Crippen LogP contribution is 2.31. The summed E-state index contributed by atoms with van der Waals surface area (Å²) in [7, 11) is 0. The van der Waals surface area contributed by atoms with E-state index in [1.165, 1.54) is 6.92 Å². The Morgan fingerprint density at radius 2 is 1.68 bits per heavy atom. The maximum absolute atomic E-state index is 11.5. The minimum Gasteiger partial charge on any atom is -0.326 e. The second-order valence-corrected chi connectivity index (χ2v) is 5.02. The summed E-state index contributed by atoms with van der Waals surface area (Å²) in [4.78, 5) is 15.9. The van der Waals surface area contributed by atoms with Gasteiger partial charge in [0, 0.05) is 18.7 Å². The Hall–Kier alpha value is -2.94. The van der Waals surface area contributed by atoms with Crippen molar-refractivity contribution in [3.8, 4) is 22.4 Å². The van der Waals surface area contributed by atoms with E-state index in [4.69, 9.17) is 0 Å². The number of hydrogen-bond acceptors (Lipinski definition) is 2. The summed E-state index contributed by atoms with van der Waals surface area (Å²) < 4.78 is 0. The molecule has 1 aromatic heterocycles. The molecule has 0 fully saturated rings. The molecule has 3 heteroatoms. The van der Waals surface area contributed by atoms with Gasteiger partial charge in [-0.05, 0) is 29.3 Å². The van der Waals surface area contributed by atoms with E-state index in [1.807, 2.05) is 66.7 Å². The third-order valence-corrected chi connectivity index (χ3v) is 3.38. The van der Waals surface area contributed by atoms with Crippen molar-refractivity contribution in [2.24, 2.45) is 0 Å². The molecule has 0 aliphatic heterocycles. The fraction of sp³-hybridized carbons (Fsp3) is 0.0526. The lowest BCUT2D eigenvalue weighted by Crippen LogP contribution is -2.07. The largest absolute Gasteiger partial charge is 0.326 e. The first-order valence-corrected chi connectivity index (χ1v) is 7.12. The Balaban J connectivity index is 2.10. The van der Waals surface area contributed by atoms with Crippen LogP contribution >= 0.6 is 0 Å². The first-order chi connectivity index (χ1) is 10.7. The Bertz CT molecular complexity index is 783. The van der Waals surface area contributed by atoms with Crippen LogP contribution in [0.25, 0.3) is 22.4 Å². The first kappa shape index (κ1) is 14.0. The van der Waals surface area contributed by atoms with Crippen LogP contribution in [0.15, 0.2) is 72.9 Å². The molecule has 1 N–H and O–H groups in total. The molecule has 3 aromatic rings. The molecule has 0 saturated carbocycles. The topological polar surface area (TPSA) is 42.0 Å². The number of aromatic nitrogens is 1. The van der Waals surface area contributed by atoms with Gasteiger partial charge in [-0.2, -0.15) is 0 Å². The molecule has 0 saturated heterocycles. The molecule has 0 aliphatic rings. The van der Waals surface area contributed by atoms with Gasteiger partial charge in [-0.1, -0.05) is 48.5 Å². The van der Waals surface area contributed by atoms with Crippen LogP contribution in [-0.4, -0.2) is 10.9 Å². The van der Waals surface area contributed by atoms with E-state index in [1.54, 1.807) is 6.20 Å². The lowest BCUT2D eigenvalue weighted by atomic mass is 10.0. The van der Waals surface area contributed by atoms with Crippen LogP contribution in [0.1, 0.15) is 6.92 Å². The van der Waals surface area contributed by atoms with Crippen LogP contribution in [0.5, 0.6) is 0 Å². The van der Waals surface area contributed by atoms with Gasteiger partial charge in [0.1, 0.15) is 0 Å². The fourth-order valence-electron chi connectivity index (χ4n) is 2.39. The summed E-state index contributed by atoms with van der Waals surface area (Å²) in [6, 6.07) is 21.9. The Morgan fingerprint density at radius 1 is 0.909 bits per heavy atom. The number of hydrogen-bond donors (Lipinski definition) is 1. The first-order valence-electron chi connectivity index (χ1n) is 7.12. The minimum absolute atomic E-state index is 0.0950. The predicted octanol–water partition coefficient (Wildman–Crippen LogP) is 4.37. The molecule has 2 aromatic carbocycles. The van der Waals surface area contributed by atoms with E-state index >= 15 is 0 Å². The van der Waals surface area contributed by atoms with E-state index in [0.29, 0.717) is 0 Å². The Kier molecular flexibility index (Phi) is 3.97. The van der Waals surface area contributed by atoms with Gasteiger partial charge in [0.25, 0.3) is 0 Å². The average Bonchev–Trinajstić information content (AvgIpc) is 2.56. The molecular weight excluding hydrogens is 272 g/mol. The number of pyridine rings is 1. The Morgan fingerprint density at radius 3 is 2.36 bits per heavy atom. The van der Waals surface area contributed by atoms with Crippen LogP contribution in [0.4, 0.5) is 5.69 Å². The number of carbonyl (C=O) groups is 1. The average molecular weight is 288 g/mol. The molecule has 0 spiro atoms. The highest BCUT2D eigenvalue weighted by atomic mass is 16.1. The lowest BCUT2D eigenvalue weighted by Gasteiger charge is -2.12. The van der Waals surface area contributed by atoms with Crippen molar-refractivity contribution in [3.63, 3.8) is 0 Å². The second kappa shape index (κ2) is 6.22. The number of amides is 1. The number of benzene rings is 2. The van der Waals surface area contributed by atoms with E-state index in [2.05, 4.69) is 10.3 Å². The molecule has 3 nitrogen and oxygen atoms in total. The third-order valence-electron chi connectivity index (χ3n) is 3.38. The van der Waals surface area contributed by atoms with Crippen molar-refractivity contribution in [2.75, 3.05) is 5.32 Å². The zero-order valence-corrected chi connectivity index (χ0v) is 12.3. The molecule has 3 rings (SSSR count). The molecule has 0 atom stereocenters. The maximum atomic E-state index is 11.5. The SMILES string of the molecule is CC(=O)Nc1cc(-c2ccccc2)ccc1-c1ccccn1. The van der Waals surface area contributed by atoms with Crippen LogP contribution in [0.3, 0.4) is 0 Å². The quantitative estimate of drug-likeness (QED) is 0.777. The van der Waals surface area contributed by atoms with Crippen LogP contribution in [0.2, 0.25) is 0 Å². The third kappa shape index (κ3) is 3.04. The molecule has 1 heterocycles. The van der Waals surface area contributed by atoms with Gasteiger partial charge in [0.05, 0.1) is 11.4 Å². The smallest absolute Gasteiger partial charge is 0.221 e.